The third-order valence-corrected chi connectivity index (χ3v) is 3.83. The Labute approximate surface area is 127 Å². The molecule has 106 valence electrons. The molecular weight excluding hydrogens is 280 g/mol. The second kappa shape index (κ2) is 5.96. The van der Waals surface area contributed by atoms with E-state index in [0.29, 0.717) is 17.8 Å². The largest absolute Gasteiger partial charge is 0.465 e. The first-order chi connectivity index (χ1) is 10.6. The van der Waals surface area contributed by atoms with Gasteiger partial charge in [-0.15, -0.1) is 0 Å². The standard InChI is InChI=1S/C16H10N4O2/c17-7-12(8-18)16(9-19,10-20)14-4-3-11(15(14)21)6-13-2-1-5-22-13/h1-2,5-6,12,14H,3-4H2/b11-6+. The summed E-state index contributed by atoms with van der Waals surface area (Å²) in [5, 5.41) is 36.8. The summed E-state index contributed by atoms with van der Waals surface area (Å²) in [5.41, 5.74) is -1.51. The van der Waals surface area contributed by atoms with Gasteiger partial charge in [0.1, 0.15) is 5.76 Å². The molecule has 0 aliphatic heterocycles. The summed E-state index contributed by atoms with van der Waals surface area (Å²) in [5.74, 6) is -2.33. The molecule has 1 aromatic rings. The topological polar surface area (TPSA) is 125 Å². The molecule has 0 amide bonds. The first-order valence-electron chi connectivity index (χ1n) is 6.53. The van der Waals surface area contributed by atoms with Gasteiger partial charge in [-0.1, -0.05) is 0 Å². The zero-order valence-corrected chi connectivity index (χ0v) is 11.5. The van der Waals surface area contributed by atoms with Gasteiger partial charge in [-0.3, -0.25) is 4.79 Å². The minimum atomic E-state index is -1.95. The monoisotopic (exact) mass is 290 g/mol. The number of allylic oxidation sites excluding steroid dienone is 1. The van der Waals surface area contributed by atoms with Crippen LogP contribution in [0.3, 0.4) is 0 Å². The fourth-order valence-corrected chi connectivity index (χ4v) is 2.64. The average molecular weight is 290 g/mol. The van der Waals surface area contributed by atoms with E-state index in [1.165, 1.54) is 6.26 Å². The van der Waals surface area contributed by atoms with Crippen LogP contribution in [-0.4, -0.2) is 5.78 Å². The zero-order valence-electron chi connectivity index (χ0n) is 11.5. The Bertz CT molecular complexity index is 750. The highest BCUT2D eigenvalue weighted by molar-refractivity contribution is 6.03. The maximum Gasteiger partial charge on any atom is 0.182 e. The molecule has 2 rings (SSSR count). The molecule has 0 saturated heterocycles. The van der Waals surface area contributed by atoms with Crippen LogP contribution in [0.1, 0.15) is 18.6 Å². The highest BCUT2D eigenvalue weighted by Crippen LogP contribution is 2.44. The summed E-state index contributed by atoms with van der Waals surface area (Å²) in [6.07, 6.45) is 3.67. The van der Waals surface area contributed by atoms with Crippen LogP contribution in [0.2, 0.25) is 0 Å². The molecule has 0 radical (unpaired) electrons. The van der Waals surface area contributed by atoms with Crippen LogP contribution in [-0.2, 0) is 4.79 Å². The number of furan rings is 1. The number of hydrogen-bond acceptors (Lipinski definition) is 6. The van der Waals surface area contributed by atoms with Crippen molar-refractivity contribution in [1.82, 2.24) is 0 Å². The number of ketones is 1. The summed E-state index contributed by atoms with van der Waals surface area (Å²) < 4.78 is 5.14. The second-order valence-electron chi connectivity index (χ2n) is 4.92. The number of nitrogens with zero attached hydrogens (tertiary/aromatic N) is 4. The van der Waals surface area contributed by atoms with Gasteiger partial charge in [0, 0.05) is 0 Å². The molecule has 1 aliphatic carbocycles. The first-order valence-corrected chi connectivity index (χ1v) is 6.53. The third kappa shape index (κ3) is 2.24. The van der Waals surface area contributed by atoms with E-state index in [9.17, 15) is 15.3 Å². The molecule has 1 aliphatic rings. The van der Waals surface area contributed by atoms with E-state index in [2.05, 4.69) is 0 Å². The third-order valence-electron chi connectivity index (χ3n) is 3.83. The lowest BCUT2D eigenvalue weighted by Gasteiger charge is -2.24. The molecule has 6 heteroatoms. The lowest BCUT2D eigenvalue weighted by atomic mass is 9.68. The van der Waals surface area contributed by atoms with Gasteiger partial charge in [0.15, 0.2) is 17.1 Å². The van der Waals surface area contributed by atoms with Crippen molar-refractivity contribution in [3.05, 3.63) is 29.7 Å². The fraction of sp³-hybridized carbons (Fsp3) is 0.312. The van der Waals surface area contributed by atoms with Crippen LogP contribution in [0, 0.1) is 62.6 Å². The Morgan fingerprint density at radius 3 is 2.45 bits per heavy atom. The molecule has 0 bridgehead atoms. The average Bonchev–Trinajstić information content (AvgIpc) is 3.17. The molecular formula is C16H10N4O2. The molecule has 1 saturated carbocycles. The summed E-state index contributed by atoms with van der Waals surface area (Å²) in [6.45, 7) is 0. The highest BCUT2D eigenvalue weighted by Gasteiger charge is 2.53. The van der Waals surface area contributed by atoms with Gasteiger partial charge in [-0.05, 0) is 36.6 Å². The lowest BCUT2D eigenvalue weighted by Crippen LogP contribution is -2.37. The van der Waals surface area contributed by atoms with E-state index < -0.39 is 17.3 Å². The predicted molar refractivity (Wildman–Crippen MR) is 72.8 cm³/mol. The summed E-state index contributed by atoms with van der Waals surface area (Å²) in [4.78, 5) is 12.5. The SMILES string of the molecule is N#CC(C#N)C(C#N)(C#N)C1CC/C(=C\c2ccco2)C1=O. The number of carbonyl (C=O) groups excluding carboxylic acids is 1. The lowest BCUT2D eigenvalue weighted by molar-refractivity contribution is -0.119. The van der Waals surface area contributed by atoms with E-state index in [4.69, 9.17) is 14.9 Å². The van der Waals surface area contributed by atoms with E-state index in [-0.39, 0.29) is 12.2 Å². The molecule has 1 heterocycles. The van der Waals surface area contributed by atoms with Crippen molar-refractivity contribution in [3.8, 4) is 24.3 Å². The Balaban J connectivity index is 2.40. The Kier molecular flexibility index (Phi) is 4.08. The van der Waals surface area contributed by atoms with Crippen molar-refractivity contribution in [2.24, 2.45) is 17.3 Å². The van der Waals surface area contributed by atoms with Crippen LogP contribution >= 0.6 is 0 Å². The van der Waals surface area contributed by atoms with Crippen molar-refractivity contribution in [2.45, 2.75) is 12.8 Å². The number of carbonyl (C=O) groups is 1. The van der Waals surface area contributed by atoms with Crippen LogP contribution in [0.4, 0.5) is 0 Å². The molecule has 22 heavy (non-hydrogen) atoms. The van der Waals surface area contributed by atoms with E-state index in [1.54, 1.807) is 42.5 Å². The van der Waals surface area contributed by atoms with Crippen molar-refractivity contribution in [3.63, 3.8) is 0 Å². The highest BCUT2D eigenvalue weighted by atomic mass is 16.3. The van der Waals surface area contributed by atoms with Crippen LogP contribution in [0.5, 0.6) is 0 Å². The molecule has 0 aromatic carbocycles. The van der Waals surface area contributed by atoms with Gasteiger partial charge >= 0.3 is 0 Å². The number of nitriles is 4. The fourth-order valence-electron chi connectivity index (χ4n) is 2.64. The van der Waals surface area contributed by atoms with Gasteiger partial charge in [0.2, 0.25) is 0 Å². The summed E-state index contributed by atoms with van der Waals surface area (Å²) >= 11 is 0. The first kappa shape index (κ1) is 15.0. The van der Waals surface area contributed by atoms with Gasteiger partial charge in [-0.2, -0.15) is 21.0 Å². The van der Waals surface area contributed by atoms with Gasteiger partial charge in [-0.25, -0.2) is 0 Å². The van der Waals surface area contributed by atoms with Gasteiger partial charge < -0.3 is 4.42 Å². The van der Waals surface area contributed by atoms with Crippen molar-refractivity contribution < 1.29 is 9.21 Å². The van der Waals surface area contributed by atoms with Crippen LogP contribution < -0.4 is 0 Å². The Morgan fingerprint density at radius 2 is 1.95 bits per heavy atom. The van der Waals surface area contributed by atoms with Crippen molar-refractivity contribution >= 4 is 11.9 Å². The minimum Gasteiger partial charge on any atom is -0.465 e. The number of hydrogen-bond donors (Lipinski definition) is 0. The van der Waals surface area contributed by atoms with Gasteiger partial charge in [0.05, 0.1) is 36.5 Å². The molecule has 6 nitrogen and oxygen atoms in total. The number of rotatable bonds is 3. The Morgan fingerprint density at radius 1 is 1.27 bits per heavy atom. The second-order valence-corrected chi connectivity index (χ2v) is 4.92. The van der Waals surface area contributed by atoms with Crippen molar-refractivity contribution in [1.29, 1.82) is 21.0 Å². The molecule has 1 fully saturated rings. The molecule has 0 N–H and O–H groups in total. The van der Waals surface area contributed by atoms with Gasteiger partial charge in [0.25, 0.3) is 0 Å². The van der Waals surface area contributed by atoms with Crippen LogP contribution in [0.25, 0.3) is 6.08 Å². The minimum absolute atomic E-state index is 0.256. The molecule has 1 aromatic heterocycles. The smallest absolute Gasteiger partial charge is 0.182 e. The van der Waals surface area contributed by atoms with Crippen LogP contribution in [0.15, 0.2) is 28.4 Å². The van der Waals surface area contributed by atoms with E-state index in [0.717, 1.165) is 0 Å². The van der Waals surface area contributed by atoms with Crippen molar-refractivity contribution in [2.75, 3.05) is 0 Å². The predicted octanol–water partition coefficient (Wildman–Crippen LogP) is 2.34. The normalized spacial score (nSPS) is 19.4. The number of Topliss-reactive ketones (excluding diaryl/α,β-unsaturated/α-hetero) is 1. The van der Waals surface area contributed by atoms with E-state index in [1.807, 2.05) is 0 Å². The summed E-state index contributed by atoms with van der Waals surface area (Å²) in [7, 11) is 0. The molecule has 0 spiro atoms. The molecule has 1 unspecified atom stereocenters. The maximum absolute atomic E-state index is 12.5. The molecule has 1 atom stereocenters. The summed E-state index contributed by atoms with van der Waals surface area (Å²) in [6, 6.07) is 10.2. The van der Waals surface area contributed by atoms with E-state index >= 15 is 0 Å². The maximum atomic E-state index is 12.5. The Hall–Kier alpha value is -3.35. The zero-order chi connectivity index (χ0) is 16.2. The quantitative estimate of drug-likeness (QED) is 0.786.